The molecule has 13 heavy (non-hydrogen) atoms. The summed E-state index contributed by atoms with van der Waals surface area (Å²) in [7, 11) is 0. The summed E-state index contributed by atoms with van der Waals surface area (Å²) in [6, 6.07) is 3.29. The molecule has 1 rings (SSSR count). The van der Waals surface area contributed by atoms with E-state index < -0.39 is 0 Å². The molecule has 1 aromatic heterocycles. The van der Waals surface area contributed by atoms with Gasteiger partial charge in [-0.25, -0.2) is 0 Å². The highest BCUT2D eigenvalue weighted by Gasteiger charge is 2.10. The van der Waals surface area contributed by atoms with Gasteiger partial charge in [-0.3, -0.25) is 0 Å². The van der Waals surface area contributed by atoms with E-state index in [4.69, 9.17) is 0 Å². The van der Waals surface area contributed by atoms with Crippen molar-refractivity contribution in [3.63, 3.8) is 0 Å². The molecule has 0 aromatic carbocycles. The fraction of sp³-hybridized carbons (Fsp3) is 0.636. The molecule has 0 aliphatic carbocycles. The zero-order valence-corrected chi connectivity index (χ0v) is 9.74. The molecule has 1 heterocycles. The molecule has 1 N–H and O–H groups in total. The normalized spacial score (nSPS) is 15.7. The van der Waals surface area contributed by atoms with Crippen LogP contribution in [0.3, 0.4) is 0 Å². The summed E-state index contributed by atoms with van der Waals surface area (Å²) in [4.78, 5) is 1.47. The predicted octanol–water partition coefficient (Wildman–Crippen LogP) is 3.51. The zero-order valence-electron chi connectivity index (χ0n) is 8.92. The summed E-state index contributed by atoms with van der Waals surface area (Å²) in [6.07, 6.45) is 1.19. The maximum absolute atomic E-state index is 3.58. The van der Waals surface area contributed by atoms with Crippen LogP contribution >= 0.6 is 11.3 Å². The Morgan fingerprint density at radius 1 is 1.46 bits per heavy atom. The predicted molar refractivity (Wildman–Crippen MR) is 60.4 cm³/mol. The lowest BCUT2D eigenvalue weighted by molar-refractivity contribution is 0.473. The molecule has 0 bridgehead atoms. The van der Waals surface area contributed by atoms with E-state index in [-0.39, 0.29) is 0 Å². The first kappa shape index (κ1) is 10.7. The van der Waals surface area contributed by atoms with Crippen LogP contribution in [0.4, 0.5) is 0 Å². The van der Waals surface area contributed by atoms with Crippen LogP contribution in [0.5, 0.6) is 0 Å². The third-order valence-electron chi connectivity index (χ3n) is 2.44. The van der Waals surface area contributed by atoms with Crippen molar-refractivity contribution >= 4 is 11.3 Å². The van der Waals surface area contributed by atoms with E-state index in [1.54, 1.807) is 0 Å². The molecule has 1 nitrogen and oxygen atoms in total. The van der Waals surface area contributed by atoms with Gasteiger partial charge in [-0.05, 0) is 44.2 Å². The quantitative estimate of drug-likeness (QED) is 0.779. The highest BCUT2D eigenvalue weighted by molar-refractivity contribution is 7.10. The van der Waals surface area contributed by atoms with Crippen molar-refractivity contribution in [2.75, 3.05) is 0 Å². The van der Waals surface area contributed by atoms with Crippen LogP contribution in [0.15, 0.2) is 11.4 Å². The molecule has 0 radical (unpaired) electrons. The van der Waals surface area contributed by atoms with E-state index in [1.165, 1.54) is 16.9 Å². The van der Waals surface area contributed by atoms with Gasteiger partial charge in [-0.2, -0.15) is 0 Å². The average Bonchev–Trinajstić information content (AvgIpc) is 2.51. The summed E-state index contributed by atoms with van der Waals surface area (Å²) in [5.41, 5.74) is 1.41. The van der Waals surface area contributed by atoms with Crippen LogP contribution in [0.1, 0.15) is 43.7 Å². The maximum atomic E-state index is 3.58. The minimum Gasteiger partial charge on any atom is -0.307 e. The molecule has 0 amide bonds. The Morgan fingerprint density at radius 2 is 2.15 bits per heavy atom. The van der Waals surface area contributed by atoms with Gasteiger partial charge in [0.25, 0.3) is 0 Å². The van der Waals surface area contributed by atoms with Crippen molar-refractivity contribution in [3.8, 4) is 0 Å². The highest BCUT2D eigenvalue weighted by atomic mass is 32.1. The van der Waals surface area contributed by atoms with E-state index in [0.29, 0.717) is 12.1 Å². The number of nitrogens with one attached hydrogen (secondary N) is 1. The van der Waals surface area contributed by atoms with Gasteiger partial charge in [0.2, 0.25) is 0 Å². The Balaban J connectivity index is 2.58. The first-order valence-corrected chi connectivity index (χ1v) is 5.83. The SMILES string of the molecule is CC[C@H](C)N[C@@H](C)c1sccc1C. The topological polar surface area (TPSA) is 12.0 Å². The second-order valence-electron chi connectivity index (χ2n) is 3.67. The van der Waals surface area contributed by atoms with E-state index in [9.17, 15) is 0 Å². The van der Waals surface area contributed by atoms with E-state index in [2.05, 4.69) is 44.5 Å². The van der Waals surface area contributed by atoms with Gasteiger partial charge in [-0.1, -0.05) is 6.92 Å². The summed E-state index contributed by atoms with van der Waals surface area (Å²) >= 11 is 1.85. The molecule has 0 unspecified atom stereocenters. The number of hydrogen-bond donors (Lipinski definition) is 1. The summed E-state index contributed by atoms with van der Waals surface area (Å²) in [5.74, 6) is 0. The number of rotatable bonds is 4. The molecule has 0 fully saturated rings. The molecule has 2 atom stereocenters. The summed E-state index contributed by atoms with van der Waals surface area (Å²) in [6.45, 7) is 8.87. The van der Waals surface area contributed by atoms with Gasteiger partial charge in [0.15, 0.2) is 0 Å². The molecule has 0 spiro atoms. The Morgan fingerprint density at radius 3 is 2.62 bits per heavy atom. The number of hydrogen-bond acceptors (Lipinski definition) is 2. The van der Waals surface area contributed by atoms with Crippen molar-refractivity contribution < 1.29 is 0 Å². The van der Waals surface area contributed by atoms with Crippen molar-refractivity contribution in [3.05, 3.63) is 21.9 Å². The van der Waals surface area contributed by atoms with E-state index in [0.717, 1.165) is 0 Å². The number of thiophene rings is 1. The summed E-state index contributed by atoms with van der Waals surface area (Å²) < 4.78 is 0. The van der Waals surface area contributed by atoms with Crippen LogP contribution in [0.25, 0.3) is 0 Å². The van der Waals surface area contributed by atoms with Gasteiger partial charge < -0.3 is 5.32 Å². The molecule has 1 aromatic rings. The minimum absolute atomic E-state index is 0.495. The van der Waals surface area contributed by atoms with Gasteiger partial charge in [0.1, 0.15) is 0 Å². The molecule has 0 saturated heterocycles. The van der Waals surface area contributed by atoms with Crippen LogP contribution in [0, 0.1) is 6.92 Å². The highest BCUT2D eigenvalue weighted by Crippen LogP contribution is 2.23. The van der Waals surface area contributed by atoms with Gasteiger partial charge in [0.05, 0.1) is 0 Å². The van der Waals surface area contributed by atoms with E-state index >= 15 is 0 Å². The fourth-order valence-electron chi connectivity index (χ4n) is 1.45. The lowest BCUT2D eigenvalue weighted by atomic mass is 10.1. The third-order valence-corrected chi connectivity index (χ3v) is 3.64. The molecular formula is C11H19NS. The average molecular weight is 197 g/mol. The van der Waals surface area contributed by atoms with Crippen LogP contribution in [0.2, 0.25) is 0 Å². The molecule has 0 saturated carbocycles. The van der Waals surface area contributed by atoms with E-state index in [1.807, 2.05) is 11.3 Å². The minimum atomic E-state index is 0.495. The Bertz CT molecular complexity index is 254. The van der Waals surface area contributed by atoms with Crippen LogP contribution in [-0.2, 0) is 0 Å². The molecule has 74 valence electrons. The molecule has 2 heteroatoms. The lowest BCUT2D eigenvalue weighted by Gasteiger charge is -2.18. The van der Waals surface area contributed by atoms with Crippen molar-refractivity contribution in [1.29, 1.82) is 0 Å². The zero-order chi connectivity index (χ0) is 9.84. The van der Waals surface area contributed by atoms with Crippen LogP contribution in [-0.4, -0.2) is 6.04 Å². The first-order chi connectivity index (χ1) is 6.15. The molecule has 0 aliphatic heterocycles. The van der Waals surface area contributed by atoms with Crippen molar-refractivity contribution in [2.45, 2.75) is 46.2 Å². The number of aryl methyl sites for hydroxylation is 1. The van der Waals surface area contributed by atoms with Crippen molar-refractivity contribution in [2.24, 2.45) is 0 Å². The monoisotopic (exact) mass is 197 g/mol. The summed E-state index contributed by atoms with van der Waals surface area (Å²) in [5, 5.41) is 5.75. The standard InChI is InChI=1S/C11H19NS/c1-5-9(3)12-10(4)11-8(2)6-7-13-11/h6-7,9-10,12H,5H2,1-4H3/t9-,10-/m0/s1. The Labute approximate surface area is 85.2 Å². The van der Waals surface area contributed by atoms with Gasteiger partial charge in [-0.15, -0.1) is 11.3 Å². The fourth-order valence-corrected chi connectivity index (χ4v) is 2.39. The smallest absolute Gasteiger partial charge is 0.0390 e. The second kappa shape index (κ2) is 4.77. The lowest BCUT2D eigenvalue weighted by Crippen LogP contribution is -2.27. The van der Waals surface area contributed by atoms with Gasteiger partial charge in [0, 0.05) is 17.0 Å². The third kappa shape index (κ3) is 2.82. The Hall–Kier alpha value is -0.340. The second-order valence-corrected chi connectivity index (χ2v) is 4.61. The Kier molecular flexibility index (Phi) is 3.94. The van der Waals surface area contributed by atoms with Crippen LogP contribution < -0.4 is 5.32 Å². The maximum Gasteiger partial charge on any atom is 0.0390 e. The largest absolute Gasteiger partial charge is 0.307 e. The molecular weight excluding hydrogens is 178 g/mol. The molecule has 0 aliphatic rings. The van der Waals surface area contributed by atoms with Crippen molar-refractivity contribution in [1.82, 2.24) is 5.32 Å². The van der Waals surface area contributed by atoms with Gasteiger partial charge >= 0.3 is 0 Å². The first-order valence-electron chi connectivity index (χ1n) is 4.95.